The molecule has 0 aliphatic heterocycles. The number of hydrogen-bond acceptors (Lipinski definition) is 3. The maximum absolute atomic E-state index is 6.26. The zero-order valence-electron chi connectivity index (χ0n) is 9.51. The lowest BCUT2D eigenvalue weighted by atomic mass is 10.0. The number of fused-ring (bicyclic) bond motifs is 1. The number of rotatable bonds is 2. The van der Waals surface area contributed by atoms with E-state index >= 15 is 0 Å². The second-order valence-corrected chi connectivity index (χ2v) is 5.43. The minimum atomic E-state index is -0.238. The smallest absolute Gasteiger partial charge is 0.0809 e. The summed E-state index contributed by atoms with van der Waals surface area (Å²) in [7, 11) is 0. The highest BCUT2D eigenvalue weighted by Gasteiger charge is 2.13. The molecule has 4 heteroatoms. The standard InChI is InChI=1S/C14H11ClN2S/c15-11-4-2-1-3-10(11)14(16)9-7-13-12(17-8-9)5-6-18-13/h1-8,14H,16H2. The molecule has 2 N–H and O–H groups in total. The molecule has 90 valence electrons. The molecule has 0 amide bonds. The van der Waals surface area contributed by atoms with Gasteiger partial charge in [-0.3, -0.25) is 4.98 Å². The normalized spacial score (nSPS) is 12.8. The van der Waals surface area contributed by atoms with Gasteiger partial charge in [-0.05, 0) is 34.7 Å². The van der Waals surface area contributed by atoms with Crippen LogP contribution in [0.2, 0.25) is 5.02 Å². The Morgan fingerprint density at radius 1 is 1.22 bits per heavy atom. The van der Waals surface area contributed by atoms with E-state index in [-0.39, 0.29) is 6.04 Å². The van der Waals surface area contributed by atoms with Gasteiger partial charge in [-0.15, -0.1) is 11.3 Å². The molecule has 0 aliphatic carbocycles. The van der Waals surface area contributed by atoms with Gasteiger partial charge in [0.1, 0.15) is 0 Å². The van der Waals surface area contributed by atoms with Gasteiger partial charge in [-0.1, -0.05) is 29.8 Å². The summed E-state index contributed by atoms with van der Waals surface area (Å²) in [5.74, 6) is 0. The summed E-state index contributed by atoms with van der Waals surface area (Å²) in [4.78, 5) is 4.40. The minimum Gasteiger partial charge on any atom is -0.320 e. The Labute approximate surface area is 114 Å². The fourth-order valence-electron chi connectivity index (χ4n) is 1.94. The third-order valence-corrected chi connectivity index (χ3v) is 4.12. The Morgan fingerprint density at radius 2 is 2.06 bits per heavy atom. The van der Waals surface area contributed by atoms with E-state index in [1.54, 1.807) is 11.3 Å². The zero-order chi connectivity index (χ0) is 12.5. The van der Waals surface area contributed by atoms with E-state index in [9.17, 15) is 0 Å². The molecule has 2 nitrogen and oxygen atoms in total. The molecule has 1 aromatic carbocycles. The van der Waals surface area contributed by atoms with Gasteiger partial charge >= 0.3 is 0 Å². The maximum Gasteiger partial charge on any atom is 0.0809 e. The van der Waals surface area contributed by atoms with Crippen molar-refractivity contribution in [3.63, 3.8) is 0 Å². The van der Waals surface area contributed by atoms with E-state index in [4.69, 9.17) is 17.3 Å². The molecular formula is C14H11ClN2S. The lowest BCUT2D eigenvalue weighted by Gasteiger charge is -2.13. The van der Waals surface area contributed by atoms with Crippen LogP contribution < -0.4 is 5.73 Å². The van der Waals surface area contributed by atoms with Crippen molar-refractivity contribution in [3.05, 3.63) is 64.1 Å². The van der Waals surface area contributed by atoms with Crippen molar-refractivity contribution in [2.75, 3.05) is 0 Å². The molecule has 0 saturated carbocycles. The van der Waals surface area contributed by atoms with Crippen LogP contribution in [0.25, 0.3) is 10.2 Å². The number of pyridine rings is 1. The average Bonchev–Trinajstić information content (AvgIpc) is 2.85. The van der Waals surface area contributed by atoms with Gasteiger partial charge in [0, 0.05) is 11.2 Å². The highest BCUT2D eigenvalue weighted by molar-refractivity contribution is 7.17. The monoisotopic (exact) mass is 274 g/mol. The Morgan fingerprint density at radius 3 is 2.89 bits per heavy atom. The van der Waals surface area contributed by atoms with Crippen molar-refractivity contribution in [3.8, 4) is 0 Å². The second kappa shape index (κ2) is 4.69. The maximum atomic E-state index is 6.26. The van der Waals surface area contributed by atoms with Gasteiger partial charge < -0.3 is 5.73 Å². The van der Waals surface area contributed by atoms with E-state index in [2.05, 4.69) is 11.1 Å². The van der Waals surface area contributed by atoms with Crippen LogP contribution >= 0.6 is 22.9 Å². The topological polar surface area (TPSA) is 38.9 Å². The summed E-state index contributed by atoms with van der Waals surface area (Å²) in [6.45, 7) is 0. The van der Waals surface area contributed by atoms with Crippen LogP contribution in [0, 0.1) is 0 Å². The van der Waals surface area contributed by atoms with Gasteiger partial charge in [0.2, 0.25) is 0 Å². The van der Waals surface area contributed by atoms with Crippen molar-refractivity contribution in [1.82, 2.24) is 4.98 Å². The lowest BCUT2D eigenvalue weighted by molar-refractivity contribution is 0.867. The molecule has 1 unspecified atom stereocenters. The van der Waals surface area contributed by atoms with Crippen molar-refractivity contribution in [2.24, 2.45) is 5.73 Å². The molecule has 0 bridgehead atoms. The van der Waals surface area contributed by atoms with Crippen molar-refractivity contribution >= 4 is 33.2 Å². The van der Waals surface area contributed by atoms with E-state index < -0.39 is 0 Å². The first-order valence-corrected chi connectivity index (χ1v) is 6.84. The molecule has 0 spiro atoms. The summed E-state index contributed by atoms with van der Waals surface area (Å²) < 4.78 is 1.15. The predicted molar refractivity (Wildman–Crippen MR) is 77.1 cm³/mol. The van der Waals surface area contributed by atoms with Crippen LogP contribution in [-0.2, 0) is 0 Å². The van der Waals surface area contributed by atoms with Crippen LogP contribution in [0.1, 0.15) is 17.2 Å². The van der Waals surface area contributed by atoms with Crippen molar-refractivity contribution in [1.29, 1.82) is 0 Å². The highest BCUT2D eigenvalue weighted by Crippen LogP contribution is 2.28. The Kier molecular flexibility index (Phi) is 3.04. The molecule has 1 atom stereocenters. The number of aromatic nitrogens is 1. The molecule has 0 saturated heterocycles. The third kappa shape index (κ3) is 2.01. The average molecular weight is 275 g/mol. The SMILES string of the molecule is NC(c1cnc2ccsc2c1)c1ccccc1Cl. The summed E-state index contributed by atoms with van der Waals surface area (Å²) >= 11 is 7.84. The van der Waals surface area contributed by atoms with E-state index in [0.29, 0.717) is 5.02 Å². The van der Waals surface area contributed by atoms with Crippen LogP contribution in [0.15, 0.2) is 48.0 Å². The van der Waals surface area contributed by atoms with Crippen LogP contribution in [0.5, 0.6) is 0 Å². The fourth-order valence-corrected chi connectivity index (χ4v) is 2.98. The quantitative estimate of drug-likeness (QED) is 0.767. The van der Waals surface area contributed by atoms with Crippen molar-refractivity contribution < 1.29 is 0 Å². The summed E-state index contributed by atoms with van der Waals surface area (Å²) in [5, 5.41) is 2.72. The molecule has 3 rings (SSSR count). The summed E-state index contributed by atoms with van der Waals surface area (Å²) in [5.41, 5.74) is 9.18. The van der Waals surface area contributed by atoms with Gasteiger partial charge in [0.25, 0.3) is 0 Å². The first-order valence-electron chi connectivity index (χ1n) is 5.59. The van der Waals surface area contributed by atoms with E-state index in [0.717, 1.165) is 21.3 Å². The van der Waals surface area contributed by atoms with Gasteiger partial charge in [0.05, 0.1) is 16.3 Å². The van der Waals surface area contributed by atoms with Gasteiger partial charge in [-0.2, -0.15) is 0 Å². The molecular weight excluding hydrogens is 264 g/mol. The molecule has 0 fully saturated rings. The molecule has 18 heavy (non-hydrogen) atoms. The largest absolute Gasteiger partial charge is 0.320 e. The summed E-state index contributed by atoms with van der Waals surface area (Å²) in [6, 6.07) is 11.5. The van der Waals surface area contributed by atoms with E-state index in [1.165, 1.54) is 0 Å². The number of halogens is 1. The highest BCUT2D eigenvalue weighted by atomic mass is 35.5. The number of hydrogen-bond donors (Lipinski definition) is 1. The van der Waals surface area contributed by atoms with Gasteiger partial charge in [0.15, 0.2) is 0 Å². The van der Waals surface area contributed by atoms with E-state index in [1.807, 2.05) is 41.9 Å². The number of thiophene rings is 1. The molecule has 2 aromatic heterocycles. The molecule has 0 radical (unpaired) electrons. The van der Waals surface area contributed by atoms with Crippen molar-refractivity contribution in [2.45, 2.75) is 6.04 Å². The number of benzene rings is 1. The molecule has 3 aromatic rings. The summed E-state index contributed by atoms with van der Waals surface area (Å²) in [6.07, 6.45) is 1.82. The molecule has 0 aliphatic rings. The van der Waals surface area contributed by atoms with Gasteiger partial charge in [-0.25, -0.2) is 0 Å². The fraction of sp³-hybridized carbons (Fsp3) is 0.0714. The second-order valence-electron chi connectivity index (χ2n) is 4.07. The first-order chi connectivity index (χ1) is 8.75. The Hall–Kier alpha value is -1.42. The Bertz CT molecular complexity index is 693. The lowest BCUT2D eigenvalue weighted by Crippen LogP contribution is -2.12. The predicted octanol–water partition coefficient (Wildman–Crippen LogP) is 4.00. The molecule has 2 heterocycles. The number of nitrogens with two attached hydrogens (primary N) is 1. The minimum absolute atomic E-state index is 0.238. The van der Waals surface area contributed by atoms with Crippen LogP contribution in [0.3, 0.4) is 0 Å². The first kappa shape index (κ1) is 11.7. The third-order valence-electron chi connectivity index (χ3n) is 2.92. The number of nitrogens with zero attached hydrogens (tertiary/aromatic N) is 1. The Balaban J connectivity index is 2.06. The van der Waals surface area contributed by atoms with Crippen LogP contribution in [-0.4, -0.2) is 4.98 Å². The van der Waals surface area contributed by atoms with Crippen LogP contribution in [0.4, 0.5) is 0 Å². The zero-order valence-corrected chi connectivity index (χ0v) is 11.1.